The zero-order chi connectivity index (χ0) is 28.8. The highest BCUT2D eigenvalue weighted by Crippen LogP contribution is 2.54. The van der Waals surface area contributed by atoms with Crippen molar-refractivity contribution < 1.29 is 19.1 Å². The number of fused-ring (bicyclic) bond motifs is 2. The van der Waals surface area contributed by atoms with Gasteiger partial charge in [-0.25, -0.2) is 4.90 Å². The van der Waals surface area contributed by atoms with Gasteiger partial charge in [-0.05, 0) is 66.2 Å². The number of aromatic nitrogens is 1. The van der Waals surface area contributed by atoms with Gasteiger partial charge < -0.3 is 10.1 Å². The van der Waals surface area contributed by atoms with Crippen LogP contribution in [0.1, 0.15) is 16.4 Å². The molecule has 0 spiro atoms. The SMILES string of the molecule is COc1ccc(NC(=O)Cn2c3c(sc2=O)[C@H](c2ccc(Br)cc2)C2C(=O)N(c4ccc(Cl)cc4)C(=O)C2S3)cc1. The minimum absolute atomic E-state index is 0.239. The lowest BCUT2D eigenvalue weighted by atomic mass is 9.83. The van der Waals surface area contributed by atoms with Crippen molar-refractivity contribution in [1.82, 2.24) is 4.57 Å². The van der Waals surface area contributed by atoms with Gasteiger partial charge >= 0.3 is 4.87 Å². The van der Waals surface area contributed by atoms with Crippen molar-refractivity contribution in [2.75, 3.05) is 17.3 Å². The predicted molar refractivity (Wildman–Crippen MR) is 163 cm³/mol. The molecule has 1 aromatic heterocycles. The summed E-state index contributed by atoms with van der Waals surface area (Å²) < 4.78 is 7.42. The fourth-order valence-electron chi connectivity index (χ4n) is 5.15. The maximum absolute atomic E-state index is 13.9. The molecule has 2 aliphatic rings. The maximum Gasteiger partial charge on any atom is 0.308 e. The number of nitrogens with zero attached hydrogens (tertiary/aromatic N) is 2. The number of benzene rings is 3. The lowest BCUT2D eigenvalue weighted by Gasteiger charge is -2.30. The summed E-state index contributed by atoms with van der Waals surface area (Å²) in [4.78, 5) is 55.5. The minimum Gasteiger partial charge on any atom is -0.497 e. The summed E-state index contributed by atoms with van der Waals surface area (Å²) in [5, 5.41) is 3.05. The number of halogens is 2. The van der Waals surface area contributed by atoms with Crippen LogP contribution in [0, 0.1) is 5.92 Å². The highest BCUT2D eigenvalue weighted by molar-refractivity contribution is 9.10. The third-order valence-corrected chi connectivity index (χ3v) is 10.4. The van der Waals surface area contributed by atoms with E-state index in [9.17, 15) is 19.2 Å². The number of rotatable bonds is 6. The number of methoxy groups -OCH3 is 1. The third kappa shape index (κ3) is 5.12. The number of hydrogen-bond donors (Lipinski definition) is 1. The third-order valence-electron chi connectivity index (χ3n) is 7.04. The molecule has 1 saturated heterocycles. The molecule has 4 aromatic rings. The second kappa shape index (κ2) is 11.1. The second-order valence-corrected chi connectivity index (χ2v) is 13.0. The Balaban J connectivity index is 1.38. The van der Waals surface area contributed by atoms with Gasteiger partial charge in [0.1, 0.15) is 17.5 Å². The quantitative estimate of drug-likeness (QED) is 0.262. The number of anilines is 2. The van der Waals surface area contributed by atoms with Crippen LogP contribution >= 0.6 is 50.6 Å². The van der Waals surface area contributed by atoms with E-state index in [1.807, 2.05) is 24.3 Å². The molecule has 3 aromatic carbocycles. The number of carbonyl (C=O) groups excluding carboxylic acids is 3. The summed E-state index contributed by atoms with van der Waals surface area (Å²) in [6.07, 6.45) is 0. The molecule has 12 heteroatoms. The van der Waals surface area contributed by atoms with Gasteiger partial charge in [-0.3, -0.25) is 23.7 Å². The molecule has 1 N–H and O–H groups in total. The molecule has 41 heavy (non-hydrogen) atoms. The molecule has 2 unspecified atom stereocenters. The number of thiazole rings is 1. The van der Waals surface area contributed by atoms with E-state index >= 15 is 0 Å². The number of thioether (sulfide) groups is 1. The number of carbonyl (C=O) groups is 3. The fourth-order valence-corrected chi connectivity index (χ4v) is 8.31. The Morgan fingerprint density at radius 3 is 2.32 bits per heavy atom. The fraction of sp³-hybridized carbons (Fsp3) is 0.172. The number of ether oxygens (including phenoxy) is 1. The Kier molecular flexibility index (Phi) is 7.54. The number of hydrogen-bond acceptors (Lipinski definition) is 7. The van der Waals surface area contributed by atoms with Crippen molar-refractivity contribution >= 4 is 79.7 Å². The normalized spacial score (nSPS) is 19.6. The van der Waals surface area contributed by atoms with Gasteiger partial charge in [0.15, 0.2) is 0 Å². The van der Waals surface area contributed by atoms with Gasteiger partial charge in [-0.2, -0.15) is 0 Å². The van der Waals surface area contributed by atoms with Crippen molar-refractivity contribution in [1.29, 1.82) is 0 Å². The van der Waals surface area contributed by atoms with Crippen LogP contribution in [-0.4, -0.2) is 34.6 Å². The Morgan fingerprint density at radius 1 is 0.976 bits per heavy atom. The van der Waals surface area contributed by atoms with Crippen molar-refractivity contribution in [3.05, 3.63) is 102 Å². The van der Waals surface area contributed by atoms with Crippen LogP contribution in [0.5, 0.6) is 5.75 Å². The molecule has 6 rings (SSSR count). The Bertz CT molecular complexity index is 1720. The monoisotopic (exact) mass is 669 g/mol. The zero-order valence-corrected chi connectivity index (χ0v) is 25.4. The summed E-state index contributed by atoms with van der Waals surface area (Å²) in [6, 6.07) is 20.9. The molecule has 0 aliphatic carbocycles. The summed E-state index contributed by atoms with van der Waals surface area (Å²) in [7, 11) is 1.56. The van der Waals surface area contributed by atoms with Crippen LogP contribution in [0.4, 0.5) is 11.4 Å². The molecule has 3 atom stereocenters. The van der Waals surface area contributed by atoms with E-state index in [1.165, 1.54) is 21.2 Å². The molecular formula is C29H21BrClN3O5S2. The van der Waals surface area contributed by atoms with Gasteiger partial charge in [0.05, 0.1) is 23.7 Å². The highest BCUT2D eigenvalue weighted by atomic mass is 79.9. The first-order chi connectivity index (χ1) is 19.7. The van der Waals surface area contributed by atoms with Gasteiger partial charge in [0, 0.05) is 26.0 Å². The average molecular weight is 671 g/mol. The highest BCUT2D eigenvalue weighted by Gasteiger charge is 2.56. The summed E-state index contributed by atoms with van der Waals surface area (Å²) in [5.41, 5.74) is 1.80. The molecule has 3 heterocycles. The predicted octanol–water partition coefficient (Wildman–Crippen LogP) is 5.77. The number of amides is 3. The smallest absolute Gasteiger partial charge is 0.308 e. The van der Waals surface area contributed by atoms with Gasteiger partial charge in [-0.15, -0.1) is 0 Å². The summed E-state index contributed by atoms with van der Waals surface area (Å²) in [5.74, 6) is -1.71. The van der Waals surface area contributed by atoms with Crippen LogP contribution in [0.2, 0.25) is 5.02 Å². The lowest BCUT2D eigenvalue weighted by molar-refractivity contribution is -0.122. The van der Waals surface area contributed by atoms with Crippen molar-refractivity contribution in [2.45, 2.75) is 22.7 Å². The van der Waals surface area contributed by atoms with Crippen LogP contribution in [0.25, 0.3) is 0 Å². The van der Waals surface area contributed by atoms with Crippen molar-refractivity contribution in [3.63, 3.8) is 0 Å². The van der Waals surface area contributed by atoms with E-state index in [0.29, 0.717) is 32.1 Å². The molecule has 1 fully saturated rings. The molecule has 3 amide bonds. The van der Waals surface area contributed by atoms with E-state index < -0.39 is 23.0 Å². The first-order valence-corrected chi connectivity index (χ1v) is 15.3. The Morgan fingerprint density at radius 2 is 1.66 bits per heavy atom. The van der Waals surface area contributed by atoms with Gasteiger partial charge in [0.2, 0.25) is 17.7 Å². The summed E-state index contributed by atoms with van der Waals surface area (Å²) in [6.45, 7) is -0.239. The molecule has 0 saturated carbocycles. The Hall–Kier alpha value is -3.38. The van der Waals surface area contributed by atoms with E-state index in [-0.39, 0.29) is 23.2 Å². The van der Waals surface area contributed by atoms with E-state index in [2.05, 4.69) is 21.2 Å². The van der Waals surface area contributed by atoms with Crippen LogP contribution < -0.4 is 19.8 Å². The van der Waals surface area contributed by atoms with Crippen LogP contribution in [0.15, 0.2) is 87.1 Å². The van der Waals surface area contributed by atoms with Gasteiger partial charge in [-0.1, -0.05) is 62.8 Å². The second-order valence-electron chi connectivity index (χ2n) is 9.48. The standard InChI is InChI=1S/C29H21BrClN3O5S2/c1-39-20-12-8-18(9-13-20)32-21(35)14-33-28-25(41-29(33)38)22(15-2-4-16(30)5-3-15)23-24(40-28)27(37)34(26(23)36)19-10-6-17(31)7-11-19/h2-13,22-24H,14H2,1H3,(H,32,35)/t22-,23?,24?/m1/s1. The number of imide groups is 1. The first-order valence-electron chi connectivity index (χ1n) is 12.5. The minimum atomic E-state index is -0.774. The molecule has 0 radical (unpaired) electrons. The summed E-state index contributed by atoms with van der Waals surface area (Å²) >= 11 is 11.7. The van der Waals surface area contributed by atoms with Crippen molar-refractivity contribution in [2.24, 2.45) is 5.92 Å². The van der Waals surface area contributed by atoms with Crippen molar-refractivity contribution in [3.8, 4) is 5.75 Å². The van der Waals surface area contributed by atoms with Gasteiger partial charge in [0.25, 0.3) is 0 Å². The van der Waals surface area contributed by atoms with E-state index in [0.717, 1.165) is 21.4 Å². The molecule has 208 valence electrons. The zero-order valence-electron chi connectivity index (χ0n) is 21.4. The Labute approximate surface area is 256 Å². The largest absolute Gasteiger partial charge is 0.497 e. The molecule has 0 bridgehead atoms. The number of nitrogens with one attached hydrogen (secondary N) is 1. The van der Waals surface area contributed by atoms with E-state index in [4.69, 9.17) is 16.3 Å². The molecule has 8 nitrogen and oxygen atoms in total. The molecular weight excluding hydrogens is 650 g/mol. The first kappa shape index (κ1) is 27.8. The lowest BCUT2D eigenvalue weighted by Crippen LogP contribution is -2.33. The van der Waals surface area contributed by atoms with E-state index in [1.54, 1.807) is 55.6 Å². The topological polar surface area (TPSA) is 97.7 Å². The maximum atomic E-state index is 13.9. The molecule has 2 aliphatic heterocycles. The van der Waals surface area contributed by atoms with Crippen LogP contribution in [-0.2, 0) is 20.9 Å². The average Bonchev–Trinajstić information content (AvgIpc) is 3.40. The van der Waals surface area contributed by atoms with Crippen LogP contribution in [0.3, 0.4) is 0 Å².